The molecule has 0 aliphatic carbocycles. The average Bonchev–Trinajstić information content (AvgIpc) is 2.33. The van der Waals surface area contributed by atoms with Crippen LogP contribution in [-0.4, -0.2) is 32.8 Å². The fourth-order valence-electron chi connectivity index (χ4n) is 1.84. The van der Waals surface area contributed by atoms with Crippen LogP contribution < -0.4 is 10.9 Å². The van der Waals surface area contributed by atoms with E-state index >= 15 is 0 Å². The molecule has 0 fully saturated rings. The van der Waals surface area contributed by atoms with Gasteiger partial charge in [0.15, 0.2) is 0 Å². The summed E-state index contributed by atoms with van der Waals surface area (Å²) in [6.45, 7) is 6.66. The third-order valence-electron chi connectivity index (χ3n) is 3.17. The van der Waals surface area contributed by atoms with Crippen molar-refractivity contribution in [2.24, 2.45) is 13.0 Å². The molecule has 110 valence electrons. The van der Waals surface area contributed by atoms with Crippen molar-refractivity contribution in [3.8, 4) is 0 Å². The summed E-state index contributed by atoms with van der Waals surface area (Å²) < 4.78 is 1.07. The predicted molar refractivity (Wildman–Crippen MR) is 72.7 cm³/mol. The van der Waals surface area contributed by atoms with Gasteiger partial charge in [-0.15, -0.1) is 0 Å². The topological polar surface area (TPSA) is 101 Å². The van der Waals surface area contributed by atoms with E-state index in [1.165, 1.54) is 7.05 Å². The zero-order chi connectivity index (χ0) is 15.6. The normalized spacial score (nSPS) is 12.3. The van der Waals surface area contributed by atoms with E-state index in [2.05, 4.69) is 10.4 Å². The maximum atomic E-state index is 12.2. The minimum Gasteiger partial charge on any atom is -0.480 e. The Morgan fingerprint density at radius 3 is 2.30 bits per heavy atom. The lowest BCUT2D eigenvalue weighted by atomic mass is 10.0. The van der Waals surface area contributed by atoms with Gasteiger partial charge in [0, 0.05) is 7.05 Å². The summed E-state index contributed by atoms with van der Waals surface area (Å²) in [5.74, 6) is -2.10. The van der Waals surface area contributed by atoms with Crippen LogP contribution in [0.1, 0.15) is 35.5 Å². The van der Waals surface area contributed by atoms with Gasteiger partial charge in [-0.3, -0.25) is 9.59 Å². The minimum absolute atomic E-state index is 0.0631. The lowest BCUT2D eigenvalue weighted by molar-refractivity contribution is -0.140. The molecule has 0 aliphatic heterocycles. The average molecular weight is 281 g/mol. The molecule has 1 atom stereocenters. The molecule has 0 saturated heterocycles. The van der Waals surface area contributed by atoms with Crippen LogP contribution in [0, 0.1) is 19.8 Å². The standard InChI is InChI=1S/C13H19N3O4/c1-6(2)10(13(19)20)14-11(17)9-7(3)8(4)15-16(5)12(9)18/h6,10H,1-5H3,(H,14,17)(H,19,20). The summed E-state index contributed by atoms with van der Waals surface area (Å²) in [5, 5.41) is 15.4. The van der Waals surface area contributed by atoms with Gasteiger partial charge in [0.2, 0.25) is 0 Å². The van der Waals surface area contributed by atoms with Crippen molar-refractivity contribution in [1.82, 2.24) is 15.1 Å². The molecule has 7 heteroatoms. The smallest absolute Gasteiger partial charge is 0.326 e. The maximum Gasteiger partial charge on any atom is 0.326 e. The summed E-state index contributed by atoms with van der Waals surface area (Å²) in [6, 6.07) is -1.04. The second kappa shape index (κ2) is 5.85. The second-order valence-electron chi connectivity index (χ2n) is 5.05. The number of aromatic nitrogens is 2. The lowest BCUT2D eigenvalue weighted by Gasteiger charge is -2.18. The highest BCUT2D eigenvalue weighted by Crippen LogP contribution is 2.08. The molecule has 1 heterocycles. The SMILES string of the molecule is Cc1nn(C)c(=O)c(C(=O)NC(C(=O)O)C(C)C)c1C. The van der Waals surface area contributed by atoms with Crippen LogP contribution in [0.5, 0.6) is 0 Å². The van der Waals surface area contributed by atoms with Crippen LogP contribution in [0.15, 0.2) is 4.79 Å². The predicted octanol–water partition coefficient (Wildman–Crippen LogP) is 0.236. The van der Waals surface area contributed by atoms with E-state index in [1.54, 1.807) is 27.7 Å². The molecular weight excluding hydrogens is 262 g/mol. The number of aliphatic carboxylic acids is 1. The van der Waals surface area contributed by atoms with Crippen molar-refractivity contribution < 1.29 is 14.7 Å². The quantitative estimate of drug-likeness (QED) is 0.823. The van der Waals surface area contributed by atoms with E-state index in [0.717, 1.165) is 4.68 Å². The maximum absolute atomic E-state index is 12.2. The third kappa shape index (κ3) is 3.04. The molecule has 1 unspecified atom stereocenters. The van der Waals surface area contributed by atoms with Crippen LogP contribution >= 0.6 is 0 Å². The van der Waals surface area contributed by atoms with E-state index < -0.39 is 23.5 Å². The highest BCUT2D eigenvalue weighted by atomic mass is 16.4. The summed E-state index contributed by atoms with van der Waals surface area (Å²) in [4.78, 5) is 35.3. The number of hydrogen-bond donors (Lipinski definition) is 2. The fraction of sp³-hybridized carbons (Fsp3) is 0.538. The number of carboxylic acid groups (broad SMARTS) is 1. The van der Waals surface area contributed by atoms with E-state index in [0.29, 0.717) is 11.3 Å². The third-order valence-corrected chi connectivity index (χ3v) is 3.17. The van der Waals surface area contributed by atoms with Crippen molar-refractivity contribution >= 4 is 11.9 Å². The number of amides is 1. The molecule has 0 aliphatic rings. The largest absolute Gasteiger partial charge is 0.480 e. The van der Waals surface area contributed by atoms with Crippen LogP contribution in [0.25, 0.3) is 0 Å². The van der Waals surface area contributed by atoms with Gasteiger partial charge in [-0.1, -0.05) is 13.8 Å². The summed E-state index contributed by atoms with van der Waals surface area (Å²) in [5.41, 5.74) is 0.401. The number of rotatable bonds is 4. The molecule has 1 rings (SSSR count). The molecule has 0 spiro atoms. The first kappa shape index (κ1) is 15.9. The van der Waals surface area contributed by atoms with Gasteiger partial charge in [-0.05, 0) is 25.3 Å². The highest BCUT2D eigenvalue weighted by molar-refractivity contribution is 5.97. The summed E-state index contributed by atoms with van der Waals surface area (Å²) in [6.07, 6.45) is 0. The second-order valence-corrected chi connectivity index (χ2v) is 5.05. The Balaban J connectivity index is 3.23. The number of nitrogens with zero attached hydrogens (tertiary/aromatic N) is 2. The van der Waals surface area contributed by atoms with Gasteiger partial charge >= 0.3 is 5.97 Å². The van der Waals surface area contributed by atoms with E-state index in [1.807, 2.05) is 0 Å². The number of carboxylic acids is 1. The Morgan fingerprint density at radius 2 is 1.85 bits per heavy atom. The molecule has 7 nitrogen and oxygen atoms in total. The molecule has 1 amide bonds. The van der Waals surface area contributed by atoms with E-state index in [9.17, 15) is 14.4 Å². The van der Waals surface area contributed by atoms with Crippen LogP contribution in [0.4, 0.5) is 0 Å². The molecule has 2 N–H and O–H groups in total. The van der Waals surface area contributed by atoms with Crippen molar-refractivity contribution in [2.75, 3.05) is 0 Å². The first-order valence-corrected chi connectivity index (χ1v) is 6.25. The molecular formula is C13H19N3O4. The Morgan fingerprint density at radius 1 is 1.30 bits per heavy atom. The molecule has 0 bridgehead atoms. The van der Waals surface area contributed by atoms with Crippen molar-refractivity contribution in [2.45, 2.75) is 33.7 Å². The van der Waals surface area contributed by atoms with E-state index in [-0.39, 0.29) is 11.5 Å². The number of aryl methyl sites for hydroxylation is 2. The zero-order valence-electron chi connectivity index (χ0n) is 12.2. The summed E-state index contributed by atoms with van der Waals surface area (Å²) in [7, 11) is 1.45. The lowest BCUT2D eigenvalue weighted by Crippen LogP contribution is -2.46. The zero-order valence-corrected chi connectivity index (χ0v) is 12.2. The Hall–Kier alpha value is -2.18. The first-order valence-electron chi connectivity index (χ1n) is 6.25. The highest BCUT2D eigenvalue weighted by Gasteiger charge is 2.26. The number of carbonyl (C=O) groups is 2. The van der Waals surface area contributed by atoms with Gasteiger partial charge in [-0.25, -0.2) is 9.48 Å². The van der Waals surface area contributed by atoms with Crippen molar-refractivity contribution in [3.05, 3.63) is 27.2 Å². The Kier molecular flexibility index (Phi) is 4.65. The number of nitrogens with one attached hydrogen (secondary N) is 1. The number of hydrogen-bond acceptors (Lipinski definition) is 4. The molecule has 0 saturated carbocycles. The molecule has 1 aromatic heterocycles. The monoisotopic (exact) mass is 281 g/mol. The van der Waals surface area contributed by atoms with Crippen molar-refractivity contribution in [1.29, 1.82) is 0 Å². The number of carbonyl (C=O) groups excluding carboxylic acids is 1. The van der Waals surface area contributed by atoms with Crippen LogP contribution in [0.2, 0.25) is 0 Å². The van der Waals surface area contributed by atoms with Gasteiger partial charge < -0.3 is 10.4 Å². The van der Waals surface area contributed by atoms with Crippen molar-refractivity contribution in [3.63, 3.8) is 0 Å². The Labute approximate surface area is 116 Å². The van der Waals surface area contributed by atoms with E-state index in [4.69, 9.17) is 5.11 Å². The van der Waals surface area contributed by atoms with Gasteiger partial charge in [-0.2, -0.15) is 5.10 Å². The molecule has 0 radical (unpaired) electrons. The van der Waals surface area contributed by atoms with Crippen LogP contribution in [0.3, 0.4) is 0 Å². The molecule has 1 aromatic rings. The minimum atomic E-state index is -1.13. The Bertz CT molecular complexity index is 604. The van der Waals surface area contributed by atoms with Gasteiger partial charge in [0.1, 0.15) is 11.6 Å². The first-order chi connectivity index (χ1) is 9.16. The van der Waals surface area contributed by atoms with Gasteiger partial charge in [0.25, 0.3) is 11.5 Å². The summed E-state index contributed by atoms with van der Waals surface area (Å²) >= 11 is 0. The fourth-order valence-corrected chi connectivity index (χ4v) is 1.84. The van der Waals surface area contributed by atoms with Crippen LogP contribution in [-0.2, 0) is 11.8 Å². The molecule has 0 aromatic carbocycles. The van der Waals surface area contributed by atoms with Gasteiger partial charge in [0.05, 0.1) is 5.69 Å². The molecule has 20 heavy (non-hydrogen) atoms.